The molecule has 0 aliphatic heterocycles. The molecule has 0 saturated heterocycles. The van der Waals surface area contributed by atoms with Crippen LogP contribution in [-0.4, -0.2) is 18.4 Å². The van der Waals surface area contributed by atoms with Gasteiger partial charge in [0.05, 0.1) is 0 Å². The van der Waals surface area contributed by atoms with Gasteiger partial charge in [-0.25, -0.2) is 0 Å². The predicted octanol–water partition coefficient (Wildman–Crippen LogP) is 1.91. The molecule has 0 atom stereocenters. The summed E-state index contributed by atoms with van der Waals surface area (Å²) in [6.07, 6.45) is 0.803. The molecular formula is C11H13BrN2O2. The lowest BCUT2D eigenvalue weighted by molar-refractivity contribution is -0.136. The first-order valence-corrected chi connectivity index (χ1v) is 5.77. The van der Waals surface area contributed by atoms with Gasteiger partial charge in [0, 0.05) is 16.7 Å². The summed E-state index contributed by atoms with van der Waals surface area (Å²) in [6.45, 7) is 2.43. The molecule has 4 nitrogen and oxygen atoms in total. The molecule has 0 aromatic heterocycles. The summed E-state index contributed by atoms with van der Waals surface area (Å²) in [4.78, 5) is 22.6. The number of amides is 2. The molecular weight excluding hydrogens is 272 g/mol. The highest BCUT2D eigenvalue weighted by atomic mass is 79.9. The number of benzene rings is 1. The fourth-order valence-corrected chi connectivity index (χ4v) is 1.30. The van der Waals surface area contributed by atoms with Crippen LogP contribution < -0.4 is 10.6 Å². The van der Waals surface area contributed by atoms with E-state index in [1.165, 1.54) is 0 Å². The molecule has 0 heterocycles. The average Bonchev–Trinajstić information content (AvgIpc) is 2.29. The molecule has 5 heteroatoms. The standard InChI is InChI=1S/C11H13BrN2O2/c1-2-7-13-10(15)11(16)14-9-5-3-8(12)4-6-9/h3-6H,2,7H2,1H3,(H,13,15)(H,14,16). The first kappa shape index (κ1) is 12.7. The van der Waals surface area contributed by atoms with E-state index >= 15 is 0 Å². The second-order valence-electron chi connectivity index (χ2n) is 3.22. The van der Waals surface area contributed by atoms with Crippen molar-refractivity contribution in [3.63, 3.8) is 0 Å². The molecule has 1 aromatic rings. The molecule has 0 aliphatic carbocycles. The van der Waals surface area contributed by atoms with Gasteiger partial charge in [-0.05, 0) is 30.7 Å². The highest BCUT2D eigenvalue weighted by molar-refractivity contribution is 9.10. The lowest BCUT2D eigenvalue weighted by atomic mass is 10.3. The van der Waals surface area contributed by atoms with Crippen LogP contribution in [0.4, 0.5) is 5.69 Å². The maximum Gasteiger partial charge on any atom is 0.313 e. The Kier molecular flexibility index (Phi) is 4.98. The van der Waals surface area contributed by atoms with Crippen molar-refractivity contribution in [2.45, 2.75) is 13.3 Å². The molecule has 0 saturated carbocycles. The molecule has 0 fully saturated rings. The number of carbonyl (C=O) groups excluding carboxylic acids is 2. The third-order valence-electron chi connectivity index (χ3n) is 1.84. The molecule has 0 aliphatic rings. The van der Waals surface area contributed by atoms with E-state index in [9.17, 15) is 9.59 Å². The third kappa shape index (κ3) is 4.02. The fourth-order valence-electron chi connectivity index (χ4n) is 1.04. The van der Waals surface area contributed by atoms with E-state index in [0.29, 0.717) is 12.2 Å². The molecule has 86 valence electrons. The number of hydrogen-bond acceptors (Lipinski definition) is 2. The number of nitrogens with one attached hydrogen (secondary N) is 2. The Morgan fingerprint density at radius 2 is 1.81 bits per heavy atom. The highest BCUT2D eigenvalue weighted by Gasteiger charge is 2.12. The van der Waals surface area contributed by atoms with Gasteiger partial charge in [-0.3, -0.25) is 9.59 Å². The maximum atomic E-state index is 11.4. The molecule has 0 radical (unpaired) electrons. The second kappa shape index (κ2) is 6.27. The first-order valence-electron chi connectivity index (χ1n) is 4.98. The lowest BCUT2D eigenvalue weighted by Crippen LogP contribution is -2.35. The largest absolute Gasteiger partial charge is 0.348 e. The van der Waals surface area contributed by atoms with Crippen LogP contribution in [0.25, 0.3) is 0 Å². The number of halogens is 1. The molecule has 0 bridgehead atoms. The normalized spacial score (nSPS) is 9.62. The van der Waals surface area contributed by atoms with Gasteiger partial charge in [-0.1, -0.05) is 22.9 Å². The van der Waals surface area contributed by atoms with Crippen LogP contribution in [0.1, 0.15) is 13.3 Å². The highest BCUT2D eigenvalue weighted by Crippen LogP contribution is 2.13. The predicted molar refractivity (Wildman–Crippen MR) is 66.1 cm³/mol. The summed E-state index contributed by atoms with van der Waals surface area (Å²) in [5.41, 5.74) is 0.597. The third-order valence-corrected chi connectivity index (χ3v) is 2.37. The zero-order chi connectivity index (χ0) is 12.0. The van der Waals surface area contributed by atoms with Crippen molar-refractivity contribution in [1.82, 2.24) is 5.32 Å². The van der Waals surface area contributed by atoms with Crippen molar-refractivity contribution in [2.75, 3.05) is 11.9 Å². The van der Waals surface area contributed by atoms with Crippen LogP contribution in [0.2, 0.25) is 0 Å². The zero-order valence-corrected chi connectivity index (χ0v) is 10.5. The smallest absolute Gasteiger partial charge is 0.313 e. The van der Waals surface area contributed by atoms with E-state index < -0.39 is 11.8 Å². The molecule has 16 heavy (non-hydrogen) atoms. The molecule has 2 N–H and O–H groups in total. The minimum absolute atomic E-state index is 0.507. The summed E-state index contributed by atoms with van der Waals surface area (Å²) in [5.74, 6) is -1.25. The van der Waals surface area contributed by atoms with Crippen molar-refractivity contribution in [1.29, 1.82) is 0 Å². The molecule has 1 rings (SSSR count). The van der Waals surface area contributed by atoms with E-state index in [2.05, 4.69) is 26.6 Å². The number of rotatable bonds is 3. The Labute approximate surface area is 103 Å². The van der Waals surface area contributed by atoms with Crippen LogP contribution in [0.5, 0.6) is 0 Å². The van der Waals surface area contributed by atoms with Crippen LogP contribution >= 0.6 is 15.9 Å². The van der Waals surface area contributed by atoms with Crippen molar-refractivity contribution in [3.8, 4) is 0 Å². The lowest BCUT2D eigenvalue weighted by Gasteiger charge is -2.05. The van der Waals surface area contributed by atoms with Crippen LogP contribution in [0.3, 0.4) is 0 Å². The summed E-state index contributed by atoms with van der Waals surface area (Å²) in [6, 6.07) is 7.02. The summed E-state index contributed by atoms with van der Waals surface area (Å²) in [7, 11) is 0. The Morgan fingerprint density at radius 1 is 1.19 bits per heavy atom. The van der Waals surface area contributed by atoms with Gasteiger partial charge in [0.2, 0.25) is 0 Å². The van der Waals surface area contributed by atoms with Crippen LogP contribution in [0, 0.1) is 0 Å². The van der Waals surface area contributed by atoms with E-state index in [1.54, 1.807) is 24.3 Å². The van der Waals surface area contributed by atoms with Crippen LogP contribution in [0.15, 0.2) is 28.7 Å². The molecule has 2 amide bonds. The quantitative estimate of drug-likeness (QED) is 0.833. The minimum atomic E-state index is -0.643. The van der Waals surface area contributed by atoms with E-state index in [4.69, 9.17) is 0 Å². The van der Waals surface area contributed by atoms with E-state index in [0.717, 1.165) is 10.9 Å². The van der Waals surface area contributed by atoms with Crippen LogP contribution in [-0.2, 0) is 9.59 Å². The van der Waals surface area contributed by atoms with Gasteiger partial charge in [0.25, 0.3) is 0 Å². The first-order chi connectivity index (χ1) is 7.63. The SMILES string of the molecule is CCCNC(=O)C(=O)Nc1ccc(Br)cc1. The summed E-state index contributed by atoms with van der Waals surface area (Å²) in [5, 5.41) is 5.01. The van der Waals surface area contributed by atoms with Gasteiger partial charge in [-0.2, -0.15) is 0 Å². The Morgan fingerprint density at radius 3 is 2.38 bits per heavy atom. The fraction of sp³-hybridized carbons (Fsp3) is 0.273. The Hall–Kier alpha value is -1.36. The van der Waals surface area contributed by atoms with Gasteiger partial charge in [0.1, 0.15) is 0 Å². The summed E-state index contributed by atoms with van der Waals surface area (Å²) < 4.78 is 0.918. The van der Waals surface area contributed by atoms with Gasteiger partial charge >= 0.3 is 11.8 Å². The Balaban J connectivity index is 2.51. The maximum absolute atomic E-state index is 11.4. The van der Waals surface area contributed by atoms with Gasteiger partial charge in [0.15, 0.2) is 0 Å². The van der Waals surface area contributed by atoms with Gasteiger partial charge < -0.3 is 10.6 Å². The number of carbonyl (C=O) groups is 2. The molecule has 0 unspecified atom stereocenters. The van der Waals surface area contributed by atoms with Crippen molar-refractivity contribution >= 4 is 33.4 Å². The minimum Gasteiger partial charge on any atom is -0.348 e. The van der Waals surface area contributed by atoms with Crippen molar-refractivity contribution in [3.05, 3.63) is 28.7 Å². The number of hydrogen-bond donors (Lipinski definition) is 2. The van der Waals surface area contributed by atoms with Crippen molar-refractivity contribution in [2.24, 2.45) is 0 Å². The number of anilines is 1. The van der Waals surface area contributed by atoms with Gasteiger partial charge in [-0.15, -0.1) is 0 Å². The molecule has 0 spiro atoms. The monoisotopic (exact) mass is 284 g/mol. The second-order valence-corrected chi connectivity index (χ2v) is 4.13. The summed E-state index contributed by atoms with van der Waals surface area (Å²) >= 11 is 3.28. The van der Waals surface area contributed by atoms with E-state index in [-0.39, 0.29) is 0 Å². The average molecular weight is 285 g/mol. The topological polar surface area (TPSA) is 58.2 Å². The van der Waals surface area contributed by atoms with E-state index in [1.807, 2.05) is 6.92 Å². The zero-order valence-electron chi connectivity index (χ0n) is 8.92. The Bertz CT molecular complexity index is 376. The van der Waals surface area contributed by atoms with Crippen molar-refractivity contribution < 1.29 is 9.59 Å². The molecule has 1 aromatic carbocycles.